The Morgan fingerprint density at radius 1 is 0.415 bits per heavy atom. The monoisotopic (exact) mass is 1300 g/mol. The molecule has 8 saturated heterocycles. The Balaban J connectivity index is 0.000000166. The number of aliphatic hydroxyl groups is 14. The number of fused-ring (bicyclic) bond motifs is 12. The number of aryl methyl sites for hydroxylation is 2. The molecule has 12 fully saturated rings. The van der Waals surface area contributed by atoms with Crippen LogP contribution in [0.5, 0.6) is 0 Å². The van der Waals surface area contributed by atoms with Crippen molar-refractivity contribution in [2.75, 3.05) is 60.3 Å². The summed E-state index contributed by atoms with van der Waals surface area (Å²) in [7, 11) is 3.72. The van der Waals surface area contributed by atoms with Gasteiger partial charge in [-0.15, -0.1) is 0 Å². The smallest absolute Gasteiger partial charge is 0.198 e. The minimum atomic E-state index is -1.95. The van der Waals surface area contributed by atoms with E-state index in [2.05, 4.69) is 41.0 Å². The van der Waals surface area contributed by atoms with Crippen molar-refractivity contribution in [3.05, 3.63) is 69.8 Å². The lowest BCUT2D eigenvalue weighted by Crippen LogP contribution is -2.82. The number of aromatic nitrogens is 1. The Bertz CT molecular complexity index is 4440. The molecule has 24 rings (SSSR count). The minimum Gasteiger partial charge on any atom is -0.394 e. The summed E-state index contributed by atoms with van der Waals surface area (Å²) in [5.41, 5.74) is 3.57. The van der Waals surface area contributed by atoms with Crippen LogP contribution >= 0.6 is 0 Å². The fraction of sp³-hybridized carbons (Fsp3) is 0.600. The summed E-state index contributed by atoms with van der Waals surface area (Å²) in [6.45, 7) is -1.12. The maximum Gasteiger partial charge on any atom is 0.198 e. The van der Waals surface area contributed by atoms with Crippen LogP contribution in [0, 0.1) is 0 Å². The van der Waals surface area contributed by atoms with E-state index in [-0.39, 0.29) is 64.6 Å². The zero-order valence-electron chi connectivity index (χ0n) is 52.0. The molecule has 0 spiro atoms. The summed E-state index contributed by atoms with van der Waals surface area (Å²) < 4.78 is 51.9. The van der Waals surface area contributed by atoms with E-state index in [1.165, 1.54) is 120 Å². The molecule has 9 aliphatic heterocycles. The molecular weight excluding hydrogens is 1220 g/mol. The standard InChI is InChI=1S/C50H43NO11.C20H35NO11/c52-17-27-47(58)5-7-50(60-27,45(56)43(47)54)62-48-6-8-49(46(57)44(48)55,61-28(48)18-53)59-10-9-51-41-21-3-4-22-14-26-16-24-12-20-2-1-19-11-23-15-25(13-21)33-31(23)35-29(19)30(20)36-32(24)34(26)40(42(22)51)38(37(35)36)39(33)41;1-21(2)7-8-29-19-6-4-18(12(10-23)31-19,14(25)16(19)27)32-20-5-3-17(28,11(9-22)30-20)13(24)15(20)26/h1-2,11-14,27-28,43-46,52-58H,3-10,15-18H2;11-16,22-28H,3-10H2,1-2H3. The Morgan fingerprint density at radius 3 is 1.22 bits per heavy atom. The van der Waals surface area contributed by atoms with E-state index in [0.29, 0.717) is 13.1 Å². The van der Waals surface area contributed by atoms with Crippen LogP contribution in [-0.4, -0.2) is 260 Å². The van der Waals surface area contributed by atoms with Crippen molar-refractivity contribution in [2.45, 2.75) is 202 Å². The topological polar surface area (TPSA) is 365 Å². The van der Waals surface area contributed by atoms with Crippen LogP contribution in [0.4, 0.5) is 0 Å². The number of aliphatic hydroxyl groups excluding tert-OH is 12. The second-order valence-corrected chi connectivity index (χ2v) is 29.7. The van der Waals surface area contributed by atoms with Gasteiger partial charge in [-0.3, -0.25) is 0 Å². The second-order valence-electron chi connectivity index (χ2n) is 29.7. The van der Waals surface area contributed by atoms with E-state index >= 15 is 0 Å². The zero-order valence-corrected chi connectivity index (χ0v) is 52.0. The van der Waals surface area contributed by atoms with Gasteiger partial charge in [0.25, 0.3) is 0 Å². The number of pyridine rings is 1. The first-order valence-corrected chi connectivity index (χ1v) is 33.4. The van der Waals surface area contributed by atoms with Gasteiger partial charge in [0.15, 0.2) is 23.1 Å². The highest BCUT2D eigenvalue weighted by atomic mass is 16.8. The molecule has 4 saturated carbocycles. The molecule has 20 unspecified atom stereocenters. The average molecular weight is 1300 g/mol. The van der Waals surface area contributed by atoms with Gasteiger partial charge < -0.3 is 119 Å². The van der Waals surface area contributed by atoms with Gasteiger partial charge in [0.05, 0.1) is 50.7 Å². The maximum absolute atomic E-state index is 12.0. The van der Waals surface area contributed by atoms with Crippen LogP contribution < -0.4 is 0 Å². The molecule has 24 nitrogen and oxygen atoms in total. The molecule has 9 aromatic rings. The molecule has 10 bridgehead atoms. The van der Waals surface area contributed by atoms with Crippen molar-refractivity contribution in [1.82, 2.24) is 9.47 Å². The van der Waals surface area contributed by atoms with Crippen LogP contribution in [0.3, 0.4) is 0 Å². The normalized spacial score (nSPS) is 41.5. The van der Waals surface area contributed by atoms with E-state index in [1.54, 1.807) is 0 Å². The molecule has 94 heavy (non-hydrogen) atoms. The summed E-state index contributed by atoms with van der Waals surface area (Å²) >= 11 is 0. The van der Waals surface area contributed by atoms with E-state index in [1.807, 2.05) is 19.0 Å². The first-order valence-electron chi connectivity index (χ1n) is 33.4. The van der Waals surface area contributed by atoms with Crippen LogP contribution in [0.1, 0.15) is 84.7 Å². The molecule has 6 aliphatic carbocycles. The first kappa shape index (κ1) is 60.4. The van der Waals surface area contributed by atoms with Gasteiger partial charge in [-0.1, -0.05) is 36.4 Å². The Morgan fingerprint density at radius 2 is 0.787 bits per heavy atom. The fourth-order valence-corrected chi connectivity index (χ4v) is 20.7. The Hall–Kier alpha value is -4.76. The van der Waals surface area contributed by atoms with Crippen molar-refractivity contribution < 1.29 is 109 Å². The lowest BCUT2D eigenvalue weighted by molar-refractivity contribution is -0.486. The molecule has 0 amide bonds. The molecule has 15 aliphatic rings. The number of hydrogen-bond acceptors (Lipinski definition) is 23. The van der Waals surface area contributed by atoms with Crippen LogP contribution in [0.15, 0.2) is 36.4 Å². The van der Waals surface area contributed by atoms with E-state index < -0.39 is 145 Å². The molecule has 10 heterocycles. The van der Waals surface area contributed by atoms with Gasteiger partial charge in [0.1, 0.15) is 95.7 Å². The highest BCUT2D eigenvalue weighted by Gasteiger charge is 2.76. The largest absolute Gasteiger partial charge is 0.394 e. The number of ether oxygens (including phenoxy) is 8. The highest BCUT2D eigenvalue weighted by Crippen LogP contribution is 2.63. The third kappa shape index (κ3) is 7.06. The summed E-state index contributed by atoms with van der Waals surface area (Å²) in [5, 5.41) is 171. The zero-order chi connectivity index (χ0) is 64.8. The Labute approximate surface area is 535 Å². The first-order chi connectivity index (χ1) is 45.0. The predicted octanol–water partition coefficient (Wildman–Crippen LogP) is 0.338. The van der Waals surface area contributed by atoms with Crippen molar-refractivity contribution in [3.8, 4) is 0 Å². The molecule has 500 valence electrons. The molecule has 20 atom stereocenters. The summed E-state index contributed by atoms with van der Waals surface area (Å²) in [4.78, 5) is 1.89. The molecule has 1 aromatic heterocycles. The van der Waals surface area contributed by atoms with Gasteiger partial charge in [0.2, 0.25) is 0 Å². The maximum atomic E-state index is 12.0. The number of benzene rings is 7. The number of hydrogen-bond donors (Lipinski definition) is 14. The highest BCUT2D eigenvalue weighted by molar-refractivity contribution is 6.55. The van der Waals surface area contributed by atoms with Crippen molar-refractivity contribution in [3.63, 3.8) is 0 Å². The lowest BCUT2D eigenvalue weighted by atomic mass is 9.67. The van der Waals surface area contributed by atoms with E-state index in [9.17, 15) is 71.5 Å². The van der Waals surface area contributed by atoms with Gasteiger partial charge in [-0.05, 0) is 153 Å². The van der Waals surface area contributed by atoms with E-state index in [4.69, 9.17) is 37.9 Å². The summed E-state index contributed by atoms with van der Waals surface area (Å²) in [5.74, 6) is -7.05. The molecule has 14 N–H and O–H groups in total. The van der Waals surface area contributed by atoms with Crippen LogP contribution in [0.25, 0.3) is 86.4 Å². The van der Waals surface area contributed by atoms with Gasteiger partial charge in [-0.25, -0.2) is 0 Å². The van der Waals surface area contributed by atoms with Gasteiger partial charge in [-0.2, -0.15) is 0 Å². The van der Waals surface area contributed by atoms with Crippen molar-refractivity contribution in [2.24, 2.45) is 0 Å². The SMILES string of the molecule is CN(C)CCOC12CCC(OC34CCC(O)(C(CO)O3)C(O)C4O)(C(CO)O1)C(O)C2O.OCC1OC2(OC34CCC(OCCn5c6c7cc8c9c%10c(cc%11ccc%12cc%13c%14c%15c(cc(c5c%15c(c5c%10c%11c%12c%145)c96)CC7)C%13)C8)(OC3CO)C(O)C4O)CCC1(O)C(O)C2O. The van der Waals surface area contributed by atoms with Crippen LogP contribution in [-0.2, 0) is 70.1 Å². The summed E-state index contributed by atoms with van der Waals surface area (Å²) in [6, 6.07) is 14.5. The predicted molar refractivity (Wildman–Crippen MR) is 334 cm³/mol. The van der Waals surface area contributed by atoms with Crippen LogP contribution in [0.2, 0.25) is 0 Å². The van der Waals surface area contributed by atoms with Crippen molar-refractivity contribution in [1.29, 1.82) is 0 Å². The molecular formula is C70H78N2O22. The fourth-order valence-electron chi connectivity index (χ4n) is 20.7. The second kappa shape index (κ2) is 19.6. The molecule has 24 heteroatoms. The van der Waals surface area contributed by atoms with Gasteiger partial charge >= 0.3 is 0 Å². The number of nitrogens with zero attached hydrogens (tertiary/aromatic N) is 2. The van der Waals surface area contributed by atoms with Gasteiger partial charge in [0, 0.05) is 60.3 Å². The number of likely N-dealkylation sites (N-methyl/N-ethyl adjacent to an activating group) is 1. The summed E-state index contributed by atoms with van der Waals surface area (Å²) in [6.07, 6.45) is -14.2. The molecule has 0 radical (unpaired) electrons. The lowest BCUT2D eigenvalue weighted by Gasteiger charge is -2.65. The average Bonchev–Trinajstić information content (AvgIpc) is 1.42. The third-order valence-electron chi connectivity index (χ3n) is 25.2. The minimum absolute atomic E-state index is 0.0343. The number of rotatable bonds is 16. The molecule has 8 aromatic carbocycles. The quantitative estimate of drug-likeness (QED) is 0.0458. The van der Waals surface area contributed by atoms with Crippen molar-refractivity contribution >= 4 is 86.4 Å². The Kier molecular flexibility index (Phi) is 12.6. The third-order valence-corrected chi connectivity index (χ3v) is 25.2. The van der Waals surface area contributed by atoms with E-state index in [0.717, 1.165) is 25.7 Å².